The van der Waals surface area contributed by atoms with Crippen LogP contribution >= 0.6 is 0 Å². The van der Waals surface area contributed by atoms with E-state index in [1.807, 2.05) is 0 Å². The zero-order valence-corrected chi connectivity index (χ0v) is 15.0. The first kappa shape index (κ1) is 20.2. The Morgan fingerprint density at radius 1 is 1.31 bits per heavy atom. The van der Waals surface area contributed by atoms with E-state index < -0.39 is 35.7 Å². The normalized spacial score (nSPS) is 21.6. The van der Waals surface area contributed by atoms with Gasteiger partial charge in [0.1, 0.15) is 6.04 Å². The summed E-state index contributed by atoms with van der Waals surface area (Å²) in [5, 5.41) is 9.84. The van der Waals surface area contributed by atoms with Gasteiger partial charge in [0.2, 0.25) is 11.8 Å². The molecule has 1 unspecified atom stereocenters. The van der Waals surface area contributed by atoms with E-state index >= 15 is 0 Å². The Balaban J connectivity index is 2.18. The van der Waals surface area contributed by atoms with Crippen molar-refractivity contribution < 1.29 is 27.9 Å². The van der Waals surface area contributed by atoms with Gasteiger partial charge in [-0.05, 0) is 17.5 Å². The van der Waals surface area contributed by atoms with Crippen LogP contribution in [0.3, 0.4) is 0 Å². The summed E-state index contributed by atoms with van der Waals surface area (Å²) < 4.78 is 39.5. The van der Waals surface area contributed by atoms with Crippen molar-refractivity contribution in [3.8, 4) is 0 Å². The zero-order chi connectivity index (χ0) is 19.6. The lowest BCUT2D eigenvalue weighted by Gasteiger charge is -2.27. The smallest absolute Gasteiger partial charge is 0.391 e. The molecule has 3 atom stereocenters. The third-order valence-electron chi connectivity index (χ3n) is 4.60. The fourth-order valence-electron chi connectivity index (χ4n) is 3.30. The van der Waals surface area contributed by atoms with E-state index in [9.17, 15) is 27.9 Å². The molecule has 1 aliphatic heterocycles. The quantitative estimate of drug-likeness (QED) is 0.882. The number of benzene rings is 1. The van der Waals surface area contributed by atoms with Crippen molar-refractivity contribution in [3.05, 3.63) is 35.4 Å². The topological polar surface area (TPSA) is 60.9 Å². The maximum atomic E-state index is 13.2. The molecule has 2 rings (SSSR count). The largest absolute Gasteiger partial charge is 0.416 e. The molecule has 2 amide bonds. The summed E-state index contributed by atoms with van der Waals surface area (Å²) in [6.07, 6.45) is -5.35. The number of amides is 2. The number of hydrogen-bond acceptors (Lipinski definition) is 3. The van der Waals surface area contributed by atoms with Crippen LogP contribution in [0.5, 0.6) is 0 Å². The molecule has 1 heterocycles. The summed E-state index contributed by atoms with van der Waals surface area (Å²) in [6.45, 7) is 1.56. The van der Waals surface area contributed by atoms with E-state index in [1.165, 1.54) is 28.0 Å². The highest BCUT2D eigenvalue weighted by atomic mass is 19.4. The molecule has 0 aliphatic carbocycles. The van der Waals surface area contributed by atoms with Gasteiger partial charge in [-0.3, -0.25) is 9.59 Å². The molecule has 5 nitrogen and oxygen atoms in total. The number of nitrogens with zero attached hydrogens (tertiary/aromatic N) is 2. The standard InChI is InChI=1S/C18H23F3N2O3/c1-11(13-6-4-5-7-14(13)18(19,20)21)8-16(25)23-10-12(24)9-15(23)17(26)22(2)3/h4-7,11-12,15,24H,8-10H2,1-3H3/t11?,12-,15+/m1/s1. The summed E-state index contributed by atoms with van der Waals surface area (Å²) in [4.78, 5) is 27.5. The first-order chi connectivity index (χ1) is 12.0. The number of β-amino-alcohol motifs (C(OH)–C–C–N with tert-alkyl or cyclic N) is 1. The molecule has 144 valence electrons. The monoisotopic (exact) mass is 372 g/mol. The summed E-state index contributed by atoms with van der Waals surface area (Å²) in [7, 11) is 3.11. The van der Waals surface area contributed by atoms with Crippen LogP contribution in [-0.2, 0) is 15.8 Å². The lowest BCUT2D eigenvalue weighted by Crippen LogP contribution is -2.45. The number of hydrogen-bond donors (Lipinski definition) is 1. The van der Waals surface area contributed by atoms with Gasteiger partial charge in [0.25, 0.3) is 0 Å². The van der Waals surface area contributed by atoms with E-state index in [1.54, 1.807) is 21.0 Å². The van der Waals surface area contributed by atoms with Gasteiger partial charge in [0.05, 0.1) is 11.7 Å². The molecule has 0 aromatic heterocycles. The molecule has 0 radical (unpaired) electrons. The average molecular weight is 372 g/mol. The minimum Gasteiger partial charge on any atom is -0.391 e. The van der Waals surface area contributed by atoms with Crippen LogP contribution in [-0.4, -0.2) is 59.5 Å². The number of carbonyl (C=O) groups excluding carboxylic acids is 2. The first-order valence-electron chi connectivity index (χ1n) is 8.37. The van der Waals surface area contributed by atoms with Crippen molar-refractivity contribution in [1.82, 2.24) is 9.80 Å². The second-order valence-electron chi connectivity index (χ2n) is 6.87. The van der Waals surface area contributed by atoms with E-state index in [0.717, 1.165) is 6.07 Å². The SMILES string of the molecule is CC(CC(=O)N1C[C@H](O)C[C@H]1C(=O)N(C)C)c1ccccc1C(F)(F)F. The van der Waals surface area contributed by atoms with Crippen molar-refractivity contribution >= 4 is 11.8 Å². The van der Waals surface area contributed by atoms with Crippen molar-refractivity contribution in [3.63, 3.8) is 0 Å². The second-order valence-corrected chi connectivity index (χ2v) is 6.87. The van der Waals surface area contributed by atoms with Crippen LogP contribution in [0.1, 0.15) is 36.8 Å². The van der Waals surface area contributed by atoms with E-state index in [0.29, 0.717) is 0 Å². The Morgan fingerprint density at radius 2 is 1.92 bits per heavy atom. The molecule has 26 heavy (non-hydrogen) atoms. The van der Waals surface area contributed by atoms with Gasteiger partial charge < -0.3 is 14.9 Å². The van der Waals surface area contributed by atoms with Crippen molar-refractivity contribution in [1.29, 1.82) is 0 Å². The van der Waals surface area contributed by atoms with E-state index in [2.05, 4.69) is 0 Å². The number of carbonyl (C=O) groups is 2. The van der Waals surface area contributed by atoms with Crippen LogP contribution in [0, 0.1) is 0 Å². The number of likely N-dealkylation sites (tertiary alicyclic amines) is 1. The molecular formula is C18H23F3N2O3. The Labute approximate surface area is 150 Å². The third-order valence-corrected chi connectivity index (χ3v) is 4.60. The van der Waals surface area contributed by atoms with Crippen LogP contribution in [0.2, 0.25) is 0 Å². The lowest BCUT2D eigenvalue weighted by atomic mass is 9.92. The predicted molar refractivity (Wildman–Crippen MR) is 89.3 cm³/mol. The van der Waals surface area contributed by atoms with Crippen molar-refractivity contribution in [2.45, 2.75) is 44.0 Å². The molecule has 0 spiro atoms. The van der Waals surface area contributed by atoms with Crippen LogP contribution in [0.4, 0.5) is 13.2 Å². The van der Waals surface area contributed by atoms with E-state index in [-0.39, 0.29) is 30.9 Å². The summed E-state index contributed by atoms with van der Waals surface area (Å²) in [5.74, 6) is -1.42. The fraction of sp³-hybridized carbons (Fsp3) is 0.556. The van der Waals surface area contributed by atoms with Gasteiger partial charge in [-0.2, -0.15) is 13.2 Å². The van der Waals surface area contributed by atoms with Gasteiger partial charge in [-0.1, -0.05) is 25.1 Å². The minimum atomic E-state index is -4.50. The second kappa shape index (κ2) is 7.65. The molecule has 8 heteroatoms. The molecule has 0 bridgehead atoms. The molecule has 1 aliphatic rings. The number of aliphatic hydroxyl groups is 1. The third kappa shape index (κ3) is 4.35. The fourth-order valence-corrected chi connectivity index (χ4v) is 3.30. The predicted octanol–water partition coefficient (Wildman–Crippen LogP) is 2.25. The molecule has 1 N–H and O–H groups in total. The van der Waals surface area contributed by atoms with Crippen molar-refractivity contribution in [2.24, 2.45) is 0 Å². The number of alkyl halides is 3. The minimum absolute atomic E-state index is 0.0106. The van der Waals surface area contributed by atoms with Gasteiger partial charge in [0, 0.05) is 33.5 Å². The van der Waals surface area contributed by atoms with Gasteiger partial charge >= 0.3 is 6.18 Å². The maximum absolute atomic E-state index is 13.2. The average Bonchev–Trinajstić information content (AvgIpc) is 2.95. The molecule has 1 aromatic rings. The van der Waals surface area contributed by atoms with Gasteiger partial charge in [0.15, 0.2) is 0 Å². The Morgan fingerprint density at radius 3 is 2.50 bits per heavy atom. The van der Waals surface area contributed by atoms with Crippen LogP contribution in [0.15, 0.2) is 24.3 Å². The summed E-state index contributed by atoms with van der Waals surface area (Å²) >= 11 is 0. The summed E-state index contributed by atoms with van der Waals surface area (Å²) in [6, 6.07) is 4.39. The van der Waals surface area contributed by atoms with Gasteiger partial charge in [-0.25, -0.2) is 0 Å². The summed E-state index contributed by atoms with van der Waals surface area (Å²) in [5.41, 5.74) is -0.716. The van der Waals surface area contributed by atoms with Crippen LogP contribution in [0.25, 0.3) is 0 Å². The molecule has 1 aromatic carbocycles. The number of rotatable bonds is 4. The highest BCUT2D eigenvalue weighted by Crippen LogP contribution is 2.36. The molecular weight excluding hydrogens is 349 g/mol. The Bertz CT molecular complexity index is 676. The molecule has 0 saturated carbocycles. The molecule has 1 saturated heterocycles. The first-order valence-corrected chi connectivity index (χ1v) is 8.37. The van der Waals surface area contributed by atoms with Crippen LogP contribution < -0.4 is 0 Å². The number of aliphatic hydroxyl groups excluding tert-OH is 1. The Kier molecular flexibility index (Phi) is 5.95. The van der Waals surface area contributed by atoms with Gasteiger partial charge in [-0.15, -0.1) is 0 Å². The van der Waals surface area contributed by atoms with Crippen molar-refractivity contribution in [2.75, 3.05) is 20.6 Å². The Hall–Kier alpha value is -2.09. The van der Waals surface area contributed by atoms with E-state index in [4.69, 9.17) is 0 Å². The lowest BCUT2D eigenvalue weighted by molar-refractivity contribution is -0.142. The number of likely N-dealkylation sites (N-methyl/N-ethyl adjacent to an activating group) is 1. The molecule has 1 fully saturated rings. The highest BCUT2D eigenvalue weighted by Gasteiger charge is 2.40. The maximum Gasteiger partial charge on any atom is 0.416 e. The zero-order valence-electron chi connectivity index (χ0n) is 15.0. The number of halogens is 3. The highest BCUT2D eigenvalue weighted by molar-refractivity contribution is 5.88.